The predicted octanol–water partition coefficient (Wildman–Crippen LogP) is 3.93. The molecule has 4 aliphatic rings. The Bertz CT molecular complexity index is 620. The van der Waals surface area contributed by atoms with Crippen LogP contribution in [0, 0.1) is 28.1 Å². The highest BCUT2D eigenvalue weighted by molar-refractivity contribution is 5.75. The van der Waals surface area contributed by atoms with E-state index in [1.165, 1.54) is 11.1 Å². The number of carboxylic acids is 1. The van der Waals surface area contributed by atoms with Crippen LogP contribution in [0.5, 0.6) is 0 Å². The number of rotatable bonds is 1. The molecule has 3 nitrogen and oxygen atoms in total. The van der Waals surface area contributed by atoms with Gasteiger partial charge in [0.25, 0.3) is 0 Å². The zero-order chi connectivity index (χ0) is 16.6. The zero-order valence-electron chi connectivity index (χ0n) is 14.3. The molecule has 3 saturated carbocycles. The molecule has 0 radical (unpaired) electrons. The molecular weight excluding hydrogens is 288 g/mol. The normalized spacial score (nSPS) is 51.7. The van der Waals surface area contributed by atoms with Crippen molar-refractivity contribution >= 4 is 5.97 Å². The highest BCUT2D eigenvalue weighted by Gasteiger charge is 2.63. The Kier molecular flexibility index (Phi) is 3.02. The molecule has 6 atom stereocenters. The number of fused-ring (bicyclic) bond motifs is 3. The van der Waals surface area contributed by atoms with Gasteiger partial charge >= 0.3 is 5.97 Å². The molecule has 4 rings (SSSR count). The third kappa shape index (κ3) is 1.77. The summed E-state index contributed by atoms with van der Waals surface area (Å²) in [5, 5.41) is 20.5. The fourth-order valence-corrected chi connectivity index (χ4v) is 6.87. The first-order valence-corrected chi connectivity index (χ1v) is 9.05. The number of carbonyl (C=O) groups is 1. The standard InChI is InChI=1S/C20H28O3/c1-12-10-20-8-5-15-18(2,6-4-7-19(15,3)17(22)23)16(20)9-14(21)13(12)11-20/h9,13-15,21H,1,4-8,10-11H2,2-3H3,(H,22,23)/t13-,14+,15-,18-,19+,20+/m0/s1. The molecule has 2 N–H and O–H groups in total. The number of aliphatic carboxylic acids is 1. The smallest absolute Gasteiger partial charge is 0.309 e. The summed E-state index contributed by atoms with van der Waals surface area (Å²) >= 11 is 0. The van der Waals surface area contributed by atoms with Gasteiger partial charge in [-0.3, -0.25) is 4.79 Å². The minimum Gasteiger partial charge on any atom is -0.481 e. The molecule has 0 heterocycles. The van der Waals surface area contributed by atoms with Gasteiger partial charge in [0, 0.05) is 5.92 Å². The minimum absolute atomic E-state index is 0.0831. The maximum Gasteiger partial charge on any atom is 0.309 e. The van der Waals surface area contributed by atoms with Crippen molar-refractivity contribution in [1.29, 1.82) is 0 Å². The fourth-order valence-electron chi connectivity index (χ4n) is 6.87. The van der Waals surface area contributed by atoms with Gasteiger partial charge in [0.15, 0.2) is 0 Å². The third-order valence-electron chi connectivity index (χ3n) is 7.97. The van der Waals surface area contributed by atoms with Crippen molar-refractivity contribution in [1.82, 2.24) is 0 Å². The quantitative estimate of drug-likeness (QED) is 0.721. The van der Waals surface area contributed by atoms with Crippen molar-refractivity contribution in [3.8, 4) is 0 Å². The number of aliphatic hydroxyl groups excluding tert-OH is 1. The second-order valence-corrected chi connectivity index (χ2v) is 9.08. The molecule has 0 aromatic carbocycles. The van der Waals surface area contributed by atoms with Gasteiger partial charge in [-0.1, -0.05) is 37.1 Å². The summed E-state index contributed by atoms with van der Waals surface area (Å²) in [6.07, 6.45) is 8.53. The van der Waals surface area contributed by atoms with Gasteiger partial charge in [0.05, 0.1) is 11.5 Å². The number of hydrogen-bond acceptors (Lipinski definition) is 2. The highest BCUT2D eigenvalue weighted by Crippen LogP contribution is 2.70. The molecule has 3 fully saturated rings. The summed E-state index contributed by atoms with van der Waals surface area (Å²) in [6, 6.07) is 0. The monoisotopic (exact) mass is 316 g/mol. The van der Waals surface area contributed by atoms with Crippen molar-refractivity contribution in [2.45, 2.75) is 64.9 Å². The van der Waals surface area contributed by atoms with Gasteiger partial charge in [-0.2, -0.15) is 0 Å². The first-order valence-electron chi connectivity index (χ1n) is 9.05. The van der Waals surface area contributed by atoms with Gasteiger partial charge in [0.2, 0.25) is 0 Å². The van der Waals surface area contributed by atoms with Crippen LogP contribution in [-0.4, -0.2) is 22.3 Å². The topological polar surface area (TPSA) is 57.5 Å². The SMILES string of the molecule is C=C1C[C@@]23CC[C@@H]4[C@](C)(C(=O)O)CCC[C@]4(C)C2=C[C@@H](O)[C@H]1C3. The molecule has 0 amide bonds. The van der Waals surface area contributed by atoms with Crippen LogP contribution in [0.3, 0.4) is 0 Å². The van der Waals surface area contributed by atoms with E-state index in [0.29, 0.717) is 0 Å². The van der Waals surface area contributed by atoms with Crippen LogP contribution in [0.1, 0.15) is 58.8 Å². The zero-order valence-corrected chi connectivity index (χ0v) is 14.3. The number of carboxylic acid groups (broad SMARTS) is 1. The van der Waals surface area contributed by atoms with Gasteiger partial charge in [-0.15, -0.1) is 0 Å². The van der Waals surface area contributed by atoms with Gasteiger partial charge in [-0.25, -0.2) is 0 Å². The van der Waals surface area contributed by atoms with E-state index in [9.17, 15) is 15.0 Å². The molecule has 2 bridgehead atoms. The Morgan fingerprint density at radius 3 is 2.74 bits per heavy atom. The van der Waals surface area contributed by atoms with Crippen LogP contribution in [0.15, 0.2) is 23.8 Å². The van der Waals surface area contributed by atoms with Crippen molar-refractivity contribution in [2.75, 3.05) is 0 Å². The lowest BCUT2D eigenvalue weighted by Gasteiger charge is -2.60. The lowest BCUT2D eigenvalue weighted by atomic mass is 9.44. The molecule has 23 heavy (non-hydrogen) atoms. The maximum absolute atomic E-state index is 12.0. The molecule has 0 unspecified atom stereocenters. The summed E-state index contributed by atoms with van der Waals surface area (Å²) in [5.41, 5.74) is 2.01. The second-order valence-electron chi connectivity index (χ2n) is 9.08. The van der Waals surface area contributed by atoms with E-state index in [0.717, 1.165) is 44.9 Å². The van der Waals surface area contributed by atoms with Crippen LogP contribution >= 0.6 is 0 Å². The van der Waals surface area contributed by atoms with Crippen LogP contribution in [0.25, 0.3) is 0 Å². The molecule has 4 aliphatic carbocycles. The largest absolute Gasteiger partial charge is 0.481 e. The number of hydrogen-bond donors (Lipinski definition) is 2. The van der Waals surface area contributed by atoms with Crippen LogP contribution in [0.2, 0.25) is 0 Å². The summed E-state index contributed by atoms with van der Waals surface area (Å²) in [4.78, 5) is 12.0. The lowest BCUT2D eigenvalue weighted by molar-refractivity contribution is -0.161. The average molecular weight is 316 g/mol. The molecule has 1 spiro atoms. The van der Waals surface area contributed by atoms with Crippen LogP contribution in [0.4, 0.5) is 0 Å². The van der Waals surface area contributed by atoms with Gasteiger partial charge < -0.3 is 10.2 Å². The Morgan fingerprint density at radius 2 is 2.04 bits per heavy atom. The highest BCUT2D eigenvalue weighted by atomic mass is 16.4. The summed E-state index contributed by atoms with van der Waals surface area (Å²) < 4.78 is 0. The molecule has 126 valence electrons. The van der Waals surface area contributed by atoms with Gasteiger partial charge in [-0.05, 0) is 62.2 Å². The van der Waals surface area contributed by atoms with E-state index in [4.69, 9.17) is 0 Å². The summed E-state index contributed by atoms with van der Waals surface area (Å²) in [7, 11) is 0. The first kappa shape index (κ1) is 15.4. The molecular formula is C20H28O3. The third-order valence-corrected chi connectivity index (χ3v) is 7.97. The van der Waals surface area contributed by atoms with E-state index < -0.39 is 17.5 Å². The average Bonchev–Trinajstić information content (AvgIpc) is 2.75. The van der Waals surface area contributed by atoms with E-state index in [2.05, 4.69) is 19.6 Å². The number of aliphatic hydroxyl groups is 1. The second kappa shape index (κ2) is 4.50. The Hall–Kier alpha value is -1.09. The Morgan fingerprint density at radius 1 is 1.30 bits per heavy atom. The van der Waals surface area contributed by atoms with E-state index in [-0.39, 0.29) is 22.7 Å². The van der Waals surface area contributed by atoms with E-state index >= 15 is 0 Å². The molecule has 0 aromatic heterocycles. The van der Waals surface area contributed by atoms with Crippen molar-refractivity contribution < 1.29 is 15.0 Å². The van der Waals surface area contributed by atoms with Crippen molar-refractivity contribution in [3.05, 3.63) is 23.8 Å². The maximum atomic E-state index is 12.0. The van der Waals surface area contributed by atoms with Crippen LogP contribution < -0.4 is 0 Å². The van der Waals surface area contributed by atoms with Crippen LogP contribution in [-0.2, 0) is 4.79 Å². The molecule has 0 saturated heterocycles. The summed E-state index contributed by atoms with van der Waals surface area (Å²) in [6.45, 7) is 8.46. The summed E-state index contributed by atoms with van der Waals surface area (Å²) in [5.74, 6) is -0.251. The van der Waals surface area contributed by atoms with E-state index in [1.54, 1.807) is 0 Å². The predicted molar refractivity (Wildman–Crippen MR) is 88.8 cm³/mol. The molecule has 3 heteroatoms. The fraction of sp³-hybridized carbons (Fsp3) is 0.750. The lowest BCUT2D eigenvalue weighted by Crippen LogP contribution is -2.54. The Balaban J connectivity index is 1.83. The van der Waals surface area contributed by atoms with Crippen molar-refractivity contribution in [2.24, 2.45) is 28.1 Å². The van der Waals surface area contributed by atoms with E-state index in [1.807, 2.05) is 6.92 Å². The van der Waals surface area contributed by atoms with Crippen molar-refractivity contribution in [3.63, 3.8) is 0 Å². The molecule has 0 aliphatic heterocycles. The first-order chi connectivity index (χ1) is 10.7. The Labute approximate surface area is 138 Å². The van der Waals surface area contributed by atoms with Gasteiger partial charge in [0.1, 0.15) is 0 Å². The molecule has 0 aromatic rings. The number of allylic oxidation sites excluding steroid dienone is 1. The minimum atomic E-state index is -0.643.